The fraction of sp³-hybridized carbons (Fsp3) is 0.375. The van der Waals surface area contributed by atoms with E-state index in [2.05, 4.69) is 72.8 Å². The van der Waals surface area contributed by atoms with Crippen molar-refractivity contribution in [2.45, 2.75) is 24.9 Å². The van der Waals surface area contributed by atoms with Crippen molar-refractivity contribution in [3.05, 3.63) is 83.9 Å². The minimum absolute atomic E-state index is 0.204. The molecule has 2 fully saturated rings. The predicted octanol–water partition coefficient (Wildman–Crippen LogP) is 5.03. The summed E-state index contributed by atoms with van der Waals surface area (Å²) in [5.41, 5.74) is 3.91. The third kappa shape index (κ3) is 1.96. The van der Waals surface area contributed by atoms with E-state index in [4.69, 9.17) is 9.99 Å². The van der Waals surface area contributed by atoms with Gasteiger partial charge in [0.15, 0.2) is 0 Å². The molecule has 6 rings (SSSR count). The van der Waals surface area contributed by atoms with Crippen LogP contribution in [-0.2, 0) is 4.84 Å². The number of hydrogen-bond donors (Lipinski definition) is 0. The maximum Gasteiger partial charge on any atom is 0.139 e. The molecular formula is C24H23NO. The number of hydrogen-bond acceptors (Lipinski definition) is 2. The molecule has 2 bridgehead atoms. The van der Waals surface area contributed by atoms with Crippen molar-refractivity contribution >= 4 is 5.71 Å². The molecule has 2 aromatic carbocycles. The molecule has 26 heavy (non-hydrogen) atoms. The Morgan fingerprint density at radius 1 is 0.846 bits per heavy atom. The van der Waals surface area contributed by atoms with Crippen LogP contribution in [0.15, 0.2) is 78.0 Å². The lowest BCUT2D eigenvalue weighted by atomic mass is 9.69. The van der Waals surface area contributed by atoms with Crippen LogP contribution in [0.3, 0.4) is 0 Å². The zero-order valence-electron chi connectivity index (χ0n) is 14.7. The van der Waals surface area contributed by atoms with E-state index in [0.29, 0.717) is 23.9 Å². The molecule has 1 aliphatic heterocycles. The third-order valence-electron chi connectivity index (χ3n) is 7.27. The average Bonchev–Trinajstić information content (AvgIpc) is 3.44. The van der Waals surface area contributed by atoms with Gasteiger partial charge in [0.25, 0.3) is 0 Å². The van der Waals surface area contributed by atoms with Gasteiger partial charge < -0.3 is 4.84 Å². The normalized spacial score (nSPS) is 36.1. The van der Waals surface area contributed by atoms with Crippen molar-refractivity contribution in [2.24, 2.45) is 34.7 Å². The second-order valence-corrected chi connectivity index (χ2v) is 8.33. The fourth-order valence-electron chi connectivity index (χ4n) is 6.32. The van der Waals surface area contributed by atoms with E-state index < -0.39 is 0 Å². The van der Waals surface area contributed by atoms with Crippen LogP contribution in [0, 0.1) is 29.6 Å². The number of benzene rings is 2. The Labute approximate surface area is 154 Å². The van der Waals surface area contributed by atoms with Crippen LogP contribution in [0.25, 0.3) is 0 Å². The van der Waals surface area contributed by atoms with Crippen molar-refractivity contribution in [3.63, 3.8) is 0 Å². The van der Waals surface area contributed by atoms with Gasteiger partial charge in [0, 0.05) is 11.8 Å². The molecule has 3 aliphatic carbocycles. The minimum Gasteiger partial charge on any atom is -0.391 e. The Morgan fingerprint density at radius 2 is 1.54 bits per heavy atom. The molecule has 2 saturated carbocycles. The van der Waals surface area contributed by atoms with Crippen LogP contribution in [0.1, 0.15) is 29.9 Å². The Hall–Kier alpha value is -2.35. The Kier molecular flexibility index (Phi) is 3.17. The molecule has 1 heterocycles. The minimum atomic E-state index is 0.204. The molecular weight excluding hydrogens is 318 g/mol. The number of fused-ring (bicyclic) bond motifs is 8. The second kappa shape index (κ2) is 5.57. The summed E-state index contributed by atoms with van der Waals surface area (Å²) in [5.74, 6) is 3.65. The van der Waals surface area contributed by atoms with Crippen LogP contribution in [0.5, 0.6) is 0 Å². The molecule has 6 atom stereocenters. The first-order valence-electron chi connectivity index (χ1n) is 9.92. The van der Waals surface area contributed by atoms with E-state index >= 15 is 0 Å². The third-order valence-corrected chi connectivity index (χ3v) is 7.27. The quantitative estimate of drug-likeness (QED) is 0.717. The summed E-state index contributed by atoms with van der Waals surface area (Å²) in [4.78, 5) is 6.12. The molecule has 0 N–H and O–H groups in total. The monoisotopic (exact) mass is 341 g/mol. The molecule has 0 amide bonds. The lowest BCUT2D eigenvalue weighted by Gasteiger charge is -2.34. The van der Waals surface area contributed by atoms with Gasteiger partial charge >= 0.3 is 0 Å². The van der Waals surface area contributed by atoms with E-state index in [1.54, 1.807) is 0 Å². The standard InChI is InChI=1S/C24H23NO/c1-3-8-15(9-4-1)21(16-10-5-2-6-11-16)23-22-19-14-20(24(22)26-25-23)18-13-7-12-17(18)19/h1-12,17-22,24H,13-14H2/t17-,18+,19+,20-,22-,24-/m1/s1. The predicted molar refractivity (Wildman–Crippen MR) is 103 cm³/mol. The van der Waals surface area contributed by atoms with Crippen LogP contribution in [-0.4, -0.2) is 11.8 Å². The molecule has 2 nitrogen and oxygen atoms in total. The first-order valence-corrected chi connectivity index (χ1v) is 9.92. The highest BCUT2D eigenvalue weighted by molar-refractivity contribution is 5.97. The Bertz CT molecular complexity index is 832. The van der Waals surface area contributed by atoms with Crippen LogP contribution in [0.4, 0.5) is 0 Å². The summed E-state index contributed by atoms with van der Waals surface area (Å²) in [6, 6.07) is 21.7. The highest BCUT2D eigenvalue weighted by Crippen LogP contribution is 2.62. The summed E-state index contributed by atoms with van der Waals surface area (Å²) >= 11 is 0. The molecule has 0 saturated heterocycles. The molecule has 4 aliphatic rings. The van der Waals surface area contributed by atoms with E-state index in [0.717, 1.165) is 11.8 Å². The largest absolute Gasteiger partial charge is 0.391 e. The molecule has 0 unspecified atom stereocenters. The van der Waals surface area contributed by atoms with Gasteiger partial charge in [0.2, 0.25) is 0 Å². The summed E-state index contributed by atoms with van der Waals surface area (Å²) in [6.07, 6.45) is 7.77. The zero-order chi connectivity index (χ0) is 17.1. The summed E-state index contributed by atoms with van der Waals surface area (Å²) in [7, 11) is 0. The number of nitrogens with zero attached hydrogens (tertiary/aromatic N) is 1. The molecule has 0 radical (unpaired) electrons. The van der Waals surface area contributed by atoms with Crippen LogP contribution < -0.4 is 0 Å². The van der Waals surface area contributed by atoms with Crippen LogP contribution >= 0.6 is 0 Å². The van der Waals surface area contributed by atoms with E-state index in [9.17, 15) is 0 Å². The fourth-order valence-corrected chi connectivity index (χ4v) is 6.32. The molecule has 2 aromatic rings. The smallest absolute Gasteiger partial charge is 0.139 e. The maximum absolute atomic E-state index is 6.12. The summed E-state index contributed by atoms with van der Waals surface area (Å²) < 4.78 is 0. The first-order chi connectivity index (χ1) is 12.9. The van der Waals surface area contributed by atoms with Crippen molar-refractivity contribution in [1.82, 2.24) is 0 Å². The molecule has 0 aromatic heterocycles. The number of rotatable bonds is 3. The van der Waals surface area contributed by atoms with Gasteiger partial charge in [-0.25, -0.2) is 0 Å². The summed E-state index contributed by atoms with van der Waals surface area (Å²) in [5, 5.41) is 4.73. The highest BCUT2D eigenvalue weighted by Gasteiger charge is 2.63. The van der Waals surface area contributed by atoms with E-state index in [1.807, 2.05) is 0 Å². The van der Waals surface area contributed by atoms with Gasteiger partial charge in [-0.3, -0.25) is 0 Å². The van der Waals surface area contributed by atoms with E-state index in [1.165, 1.54) is 29.7 Å². The van der Waals surface area contributed by atoms with Gasteiger partial charge in [-0.15, -0.1) is 0 Å². The van der Waals surface area contributed by atoms with Gasteiger partial charge in [-0.05, 0) is 41.7 Å². The zero-order valence-corrected chi connectivity index (χ0v) is 14.7. The molecule has 0 spiro atoms. The first kappa shape index (κ1) is 14.8. The van der Waals surface area contributed by atoms with Gasteiger partial charge in [-0.1, -0.05) is 78.0 Å². The summed E-state index contributed by atoms with van der Waals surface area (Å²) in [6.45, 7) is 0. The van der Waals surface area contributed by atoms with Crippen molar-refractivity contribution in [3.8, 4) is 0 Å². The molecule has 2 heteroatoms. The number of oxime groups is 1. The SMILES string of the molecule is C1=C[C@@H]2[C@H](C1)[C@H]1C[C@@H]2[C@@H]2C(C(c3ccccc3)c3ccccc3)=NO[C@H]12. The van der Waals surface area contributed by atoms with Crippen LogP contribution in [0.2, 0.25) is 0 Å². The Balaban J connectivity index is 1.43. The maximum atomic E-state index is 6.12. The number of allylic oxidation sites excluding steroid dienone is 2. The van der Waals surface area contributed by atoms with Gasteiger partial charge in [0.1, 0.15) is 6.10 Å². The van der Waals surface area contributed by atoms with Crippen molar-refractivity contribution in [2.75, 3.05) is 0 Å². The van der Waals surface area contributed by atoms with Gasteiger partial charge in [0.05, 0.1) is 11.6 Å². The topological polar surface area (TPSA) is 21.6 Å². The average molecular weight is 341 g/mol. The molecule has 130 valence electrons. The van der Waals surface area contributed by atoms with Crippen molar-refractivity contribution < 1.29 is 4.84 Å². The highest BCUT2D eigenvalue weighted by atomic mass is 16.6. The lowest BCUT2D eigenvalue weighted by molar-refractivity contribution is 0.0000521. The Morgan fingerprint density at radius 3 is 2.23 bits per heavy atom. The second-order valence-electron chi connectivity index (χ2n) is 8.33. The van der Waals surface area contributed by atoms with Crippen molar-refractivity contribution in [1.29, 1.82) is 0 Å². The lowest BCUT2D eigenvalue weighted by Crippen LogP contribution is -2.39. The van der Waals surface area contributed by atoms with E-state index in [-0.39, 0.29) is 5.92 Å². The van der Waals surface area contributed by atoms with Gasteiger partial charge in [-0.2, -0.15) is 0 Å².